The van der Waals surface area contributed by atoms with E-state index >= 15 is 0 Å². The second-order valence-electron chi connectivity index (χ2n) is 4.05. The molecule has 0 aliphatic rings. The molecule has 0 radical (unpaired) electrons. The zero-order valence-electron chi connectivity index (χ0n) is 12.2. The summed E-state index contributed by atoms with van der Waals surface area (Å²) >= 11 is 8.37. The molecule has 2 aromatic heterocycles. The Kier molecular flexibility index (Phi) is 6.07. The van der Waals surface area contributed by atoms with Gasteiger partial charge in [0, 0.05) is 26.4 Å². The Hall–Kier alpha value is -1.06. The van der Waals surface area contributed by atoms with Crippen LogP contribution >= 0.6 is 35.7 Å². The van der Waals surface area contributed by atoms with Gasteiger partial charge in [0.05, 0.1) is 6.33 Å². The van der Waals surface area contributed by atoms with Gasteiger partial charge >= 0.3 is 0 Å². The van der Waals surface area contributed by atoms with Gasteiger partial charge in [0.15, 0.2) is 16.6 Å². The van der Waals surface area contributed by atoms with Crippen LogP contribution in [0, 0.1) is 0 Å². The van der Waals surface area contributed by atoms with Crippen molar-refractivity contribution >= 4 is 57.0 Å². The van der Waals surface area contributed by atoms with Crippen molar-refractivity contribution in [2.45, 2.75) is 18.6 Å². The molecule has 0 bridgehead atoms. The van der Waals surface area contributed by atoms with Crippen LogP contribution in [0.4, 0.5) is 5.82 Å². The number of hydrogen-bond donors (Lipinski definition) is 2. The van der Waals surface area contributed by atoms with Gasteiger partial charge in [-0.3, -0.25) is 0 Å². The maximum atomic E-state index is 5.14. The molecule has 0 spiro atoms. The topological polar surface area (TPSA) is 67.7 Å². The molecule has 0 unspecified atom stereocenters. The van der Waals surface area contributed by atoms with Crippen LogP contribution < -0.4 is 10.6 Å². The molecule has 2 rings (SSSR count). The second kappa shape index (κ2) is 7.81. The van der Waals surface area contributed by atoms with Gasteiger partial charge in [-0.15, -0.1) is 0 Å². The van der Waals surface area contributed by atoms with Crippen LogP contribution in [0.5, 0.6) is 0 Å². The number of anilines is 1. The van der Waals surface area contributed by atoms with Crippen LogP contribution in [-0.2, 0) is 6.54 Å². The Morgan fingerprint density at radius 2 is 2.19 bits per heavy atom. The van der Waals surface area contributed by atoms with E-state index in [4.69, 9.17) is 12.2 Å². The van der Waals surface area contributed by atoms with Crippen LogP contribution in [0.3, 0.4) is 0 Å². The highest BCUT2D eigenvalue weighted by Crippen LogP contribution is 2.24. The molecule has 6 nitrogen and oxygen atoms in total. The number of imidazole rings is 1. The molecule has 9 heteroatoms. The molecule has 0 amide bonds. The standard InChI is InChI=1S/C12H18N6S3/c1-4-20-6-5-18-7-15-10-8(18)9(13-2)16-11(17-10)21-12(19)14-3/h7H,4-6H2,1-3H3,(H,14,19)(H,13,16,17). The molecular formula is C12H18N6S3. The number of hydrogen-bond acceptors (Lipinski definition) is 7. The van der Waals surface area contributed by atoms with Gasteiger partial charge < -0.3 is 15.2 Å². The van der Waals surface area contributed by atoms with Crippen LogP contribution in [0.25, 0.3) is 11.2 Å². The van der Waals surface area contributed by atoms with Crippen LogP contribution in [-0.4, -0.2) is 49.4 Å². The number of thioether (sulfide) groups is 2. The lowest BCUT2D eigenvalue weighted by Crippen LogP contribution is -2.12. The third-order valence-electron chi connectivity index (χ3n) is 2.76. The number of rotatable bonds is 6. The number of aryl methyl sites for hydroxylation is 1. The third-order valence-corrected chi connectivity index (χ3v) is 4.85. The molecule has 21 heavy (non-hydrogen) atoms. The summed E-state index contributed by atoms with van der Waals surface area (Å²) in [5.74, 6) is 2.94. The van der Waals surface area contributed by atoms with Gasteiger partial charge in [0.25, 0.3) is 0 Å². The lowest BCUT2D eigenvalue weighted by molar-refractivity contribution is 0.794. The highest BCUT2D eigenvalue weighted by atomic mass is 32.2. The summed E-state index contributed by atoms with van der Waals surface area (Å²) in [5, 5.41) is 6.62. The fourth-order valence-electron chi connectivity index (χ4n) is 1.79. The molecule has 0 fully saturated rings. The molecule has 0 saturated heterocycles. The van der Waals surface area contributed by atoms with Crippen molar-refractivity contribution in [1.82, 2.24) is 24.8 Å². The van der Waals surface area contributed by atoms with Crippen molar-refractivity contribution < 1.29 is 0 Å². The highest BCUT2D eigenvalue weighted by molar-refractivity contribution is 8.22. The Bertz CT molecular complexity index is 627. The van der Waals surface area contributed by atoms with Crippen molar-refractivity contribution in [3.8, 4) is 0 Å². The Morgan fingerprint density at radius 3 is 2.86 bits per heavy atom. The molecule has 0 aliphatic heterocycles. The molecular weight excluding hydrogens is 324 g/mol. The van der Waals surface area contributed by atoms with E-state index in [-0.39, 0.29) is 0 Å². The number of nitrogens with one attached hydrogen (secondary N) is 2. The first kappa shape index (κ1) is 16.3. The van der Waals surface area contributed by atoms with Crippen molar-refractivity contribution in [3.05, 3.63) is 6.33 Å². The van der Waals surface area contributed by atoms with Crippen molar-refractivity contribution in [2.24, 2.45) is 0 Å². The lowest BCUT2D eigenvalue weighted by Gasteiger charge is -2.08. The quantitative estimate of drug-likeness (QED) is 0.358. The predicted octanol–water partition coefficient (Wildman–Crippen LogP) is 2.22. The largest absolute Gasteiger partial charge is 0.374 e. The Balaban J connectivity index is 2.32. The minimum absolute atomic E-state index is 0.597. The monoisotopic (exact) mass is 342 g/mol. The average molecular weight is 343 g/mol. The number of thiocarbonyl (C=S) groups is 1. The molecule has 114 valence electrons. The summed E-state index contributed by atoms with van der Waals surface area (Å²) in [7, 11) is 3.64. The van der Waals surface area contributed by atoms with Crippen molar-refractivity contribution in [3.63, 3.8) is 0 Å². The van der Waals surface area contributed by atoms with E-state index in [0.717, 1.165) is 29.4 Å². The summed E-state index contributed by atoms with van der Waals surface area (Å²) in [6.45, 7) is 3.06. The van der Waals surface area contributed by atoms with Crippen LogP contribution in [0.15, 0.2) is 11.5 Å². The molecule has 0 aliphatic carbocycles. The number of aromatic nitrogens is 4. The zero-order chi connectivity index (χ0) is 15.2. The highest BCUT2D eigenvalue weighted by Gasteiger charge is 2.13. The van der Waals surface area contributed by atoms with Crippen molar-refractivity contribution in [2.75, 3.05) is 30.9 Å². The normalized spacial score (nSPS) is 10.8. The molecule has 0 atom stereocenters. The van der Waals surface area contributed by atoms with E-state index in [1.807, 2.05) is 25.1 Å². The van der Waals surface area contributed by atoms with Gasteiger partial charge in [-0.25, -0.2) is 15.0 Å². The predicted molar refractivity (Wildman–Crippen MR) is 95.4 cm³/mol. The maximum absolute atomic E-state index is 5.14. The Morgan fingerprint density at radius 1 is 1.38 bits per heavy atom. The maximum Gasteiger partial charge on any atom is 0.198 e. The van der Waals surface area contributed by atoms with E-state index in [1.54, 1.807) is 7.05 Å². The molecule has 2 heterocycles. The molecule has 2 aromatic rings. The van der Waals surface area contributed by atoms with Gasteiger partial charge in [-0.1, -0.05) is 19.1 Å². The minimum Gasteiger partial charge on any atom is -0.374 e. The third kappa shape index (κ3) is 3.98. The SMILES string of the molecule is CCSCCn1cnc2nc(SC(=S)NC)nc(NC)c21. The first-order valence-electron chi connectivity index (χ1n) is 6.57. The van der Waals surface area contributed by atoms with E-state index in [1.165, 1.54) is 11.8 Å². The average Bonchev–Trinajstić information content (AvgIpc) is 2.90. The van der Waals surface area contributed by atoms with Gasteiger partial charge in [0.1, 0.15) is 9.84 Å². The summed E-state index contributed by atoms with van der Waals surface area (Å²) < 4.78 is 2.73. The van der Waals surface area contributed by atoms with Gasteiger partial charge in [-0.2, -0.15) is 11.8 Å². The number of nitrogens with zero attached hydrogens (tertiary/aromatic N) is 4. The zero-order valence-corrected chi connectivity index (χ0v) is 14.7. The molecule has 0 aromatic carbocycles. The minimum atomic E-state index is 0.597. The van der Waals surface area contributed by atoms with Crippen molar-refractivity contribution in [1.29, 1.82) is 0 Å². The first-order valence-corrected chi connectivity index (χ1v) is 8.95. The van der Waals surface area contributed by atoms with E-state index in [0.29, 0.717) is 15.1 Å². The van der Waals surface area contributed by atoms with Crippen LogP contribution in [0.2, 0.25) is 0 Å². The molecule has 2 N–H and O–H groups in total. The Labute approximate surface area is 137 Å². The summed E-state index contributed by atoms with van der Waals surface area (Å²) in [6, 6.07) is 0. The summed E-state index contributed by atoms with van der Waals surface area (Å²) in [4.78, 5) is 13.4. The lowest BCUT2D eigenvalue weighted by atomic mass is 10.4. The smallest absolute Gasteiger partial charge is 0.198 e. The fourth-order valence-corrected chi connectivity index (χ4v) is 3.17. The van der Waals surface area contributed by atoms with E-state index < -0.39 is 0 Å². The van der Waals surface area contributed by atoms with E-state index in [9.17, 15) is 0 Å². The summed E-state index contributed by atoms with van der Waals surface area (Å²) in [6.07, 6.45) is 1.82. The van der Waals surface area contributed by atoms with E-state index in [2.05, 4.69) is 37.1 Å². The molecule has 0 saturated carbocycles. The second-order valence-corrected chi connectivity index (χ2v) is 7.09. The van der Waals surface area contributed by atoms with Gasteiger partial charge in [0.2, 0.25) is 0 Å². The van der Waals surface area contributed by atoms with Crippen LogP contribution in [0.1, 0.15) is 6.92 Å². The fraction of sp³-hybridized carbons (Fsp3) is 0.500. The summed E-state index contributed by atoms with van der Waals surface area (Å²) in [5.41, 5.74) is 1.63. The number of fused-ring (bicyclic) bond motifs is 1. The van der Waals surface area contributed by atoms with Gasteiger partial charge in [-0.05, 0) is 17.5 Å². The first-order chi connectivity index (χ1) is 10.2.